The van der Waals surface area contributed by atoms with Crippen molar-refractivity contribution in [3.8, 4) is 0 Å². The predicted molar refractivity (Wildman–Crippen MR) is 135 cm³/mol. The van der Waals surface area contributed by atoms with E-state index in [2.05, 4.69) is 21.2 Å². The second-order valence-corrected chi connectivity index (χ2v) is 10.1. The van der Waals surface area contributed by atoms with Crippen molar-refractivity contribution >= 4 is 62.7 Å². The van der Waals surface area contributed by atoms with E-state index < -0.39 is 6.04 Å². The molecule has 4 nitrogen and oxygen atoms in total. The topological polar surface area (TPSA) is 49.4 Å². The van der Waals surface area contributed by atoms with E-state index in [0.29, 0.717) is 22.3 Å². The minimum Gasteiger partial charge on any atom is -0.352 e. The second-order valence-electron chi connectivity index (χ2n) is 7.37. The number of halogens is 3. The van der Waals surface area contributed by atoms with Crippen LogP contribution in [0.25, 0.3) is 0 Å². The maximum absolute atomic E-state index is 13.1. The lowest BCUT2D eigenvalue weighted by Gasteiger charge is -2.29. The molecule has 0 fully saturated rings. The molecular formula is C23H27BrCl2N2O2S. The molecule has 0 radical (unpaired) electrons. The summed E-state index contributed by atoms with van der Waals surface area (Å²) in [6.07, 6.45) is 0.829. The number of amides is 2. The van der Waals surface area contributed by atoms with Crippen LogP contribution in [0.15, 0.2) is 46.9 Å². The van der Waals surface area contributed by atoms with Gasteiger partial charge in [0.05, 0.1) is 5.75 Å². The zero-order valence-electron chi connectivity index (χ0n) is 17.8. The van der Waals surface area contributed by atoms with E-state index in [1.165, 1.54) is 11.8 Å². The Morgan fingerprint density at radius 2 is 1.90 bits per heavy atom. The van der Waals surface area contributed by atoms with Gasteiger partial charge in [-0.25, -0.2) is 0 Å². The van der Waals surface area contributed by atoms with E-state index in [1.54, 1.807) is 24.0 Å². The largest absolute Gasteiger partial charge is 0.352 e. The standard InChI is InChI=1S/C23H27BrCl2N2O2S/c1-4-15(2)27-23(30)16(3)28(12-17-6-5-7-19(24)10-17)22(29)14-31-13-18-8-9-20(25)11-21(18)26/h5-11,15-16H,4,12-14H2,1-3H3,(H,27,30)/t15-,16+/m0/s1. The number of nitrogens with zero attached hydrogens (tertiary/aromatic N) is 1. The molecule has 0 aliphatic heterocycles. The molecular weight excluding hydrogens is 519 g/mol. The molecule has 0 unspecified atom stereocenters. The molecule has 0 aromatic heterocycles. The summed E-state index contributed by atoms with van der Waals surface area (Å²) in [7, 11) is 0. The van der Waals surface area contributed by atoms with Gasteiger partial charge in [0.15, 0.2) is 0 Å². The Morgan fingerprint density at radius 1 is 1.16 bits per heavy atom. The van der Waals surface area contributed by atoms with E-state index in [-0.39, 0.29) is 23.6 Å². The van der Waals surface area contributed by atoms with Crippen LogP contribution in [0.2, 0.25) is 10.0 Å². The molecule has 2 aromatic rings. The number of rotatable bonds is 10. The average molecular weight is 546 g/mol. The number of thioether (sulfide) groups is 1. The zero-order valence-corrected chi connectivity index (χ0v) is 21.7. The lowest BCUT2D eigenvalue weighted by atomic mass is 10.1. The van der Waals surface area contributed by atoms with Crippen molar-refractivity contribution in [1.29, 1.82) is 0 Å². The molecule has 168 valence electrons. The summed E-state index contributed by atoms with van der Waals surface area (Å²) in [4.78, 5) is 27.5. The maximum Gasteiger partial charge on any atom is 0.242 e. The molecule has 0 saturated carbocycles. The van der Waals surface area contributed by atoms with Crippen LogP contribution in [0.1, 0.15) is 38.3 Å². The SMILES string of the molecule is CC[C@H](C)NC(=O)[C@@H](C)N(Cc1cccc(Br)c1)C(=O)CSCc1ccc(Cl)cc1Cl. The number of carbonyl (C=O) groups excluding carboxylic acids is 2. The van der Waals surface area contributed by atoms with Crippen molar-refractivity contribution in [2.75, 3.05) is 5.75 Å². The van der Waals surface area contributed by atoms with E-state index in [4.69, 9.17) is 23.2 Å². The van der Waals surface area contributed by atoms with Crippen LogP contribution in [-0.2, 0) is 21.9 Å². The highest BCUT2D eigenvalue weighted by molar-refractivity contribution is 9.10. The minimum absolute atomic E-state index is 0.0548. The van der Waals surface area contributed by atoms with Crippen LogP contribution in [0, 0.1) is 0 Å². The Balaban J connectivity index is 2.10. The van der Waals surface area contributed by atoms with Gasteiger partial charge in [0.25, 0.3) is 0 Å². The third kappa shape index (κ3) is 8.33. The number of carbonyl (C=O) groups is 2. The van der Waals surface area contributed by atoms with E-state index >= 15 is 0 Å². The van der Waals surface area contributed by atoms with Gasteiger partial charge in [-0.05, 0) is 55.7 Å². The molecule has 2 amide bonds. The Bertz CT molecular complexity index is 913. The monoisotopic (exact) mass is 544 g/mol. The van der Waals surface area contributed by atoms with Crippen LogP contribution >= 0.6 is 50.9 Å². The van der Waals surface area contributed by atoms with Crippen LogP contribution in [0.4, 0.5) is 0 Å². The van der Waals surface area contributed by atoms with Gasteiger partial charge in [-0.3, -0.25) is 9.59 Å². The van der Waals surface area contributed by atoms with E-state index in [9.17, 15) is 9.59 Å². The number of benzene rings is 2. The third-order valence-corrected chi connectivity index (χ3v) is 6.95. The van der Waals surface area contributed by atoms with Crippen LogP contribution in [-0.4, -0.2) is 34.6 Å². The molecule has 0 spiro atoms. The molecule has 0 aliphatic carbocycles. The highest BCUT2D eigenvalue weighted by atomic mass is 79.9. The fourth-order valence-corrected chi connectivity index (χ4v) is 4.77. The second kappa shape index (κ2) is 12.7. The Kier molecular flexibility index (Phi) is 10.7. The molecule has 2 atom stereocenters. The van der Waals surface area contributed by atoms with Crippen LogP contribution in [0.5, 0.6) is 0 Å². The summed E-state index contributed by atoms with van der Waals surface area (Å²) >= 11 is 17.1. The molecule has 0 heterocycles. The highest BCUT2D eigenvalue weighted by Crippen LogP contribution is 2.25. The zero-order chi connectivity index (χ0) is 23.0. The van der Waals surface area contributed by atoms with Gasteiger partial charge in [0.2, 0.25) is 11.8 Å². The lowest BCUT2D eigenvalue weighted by molar-refractivity contribution is -0.138. The van der Waals surface area contributed by atoms with Gasteiger partial charge < -0.3 is 10.2 Å². The van der Waals surface area contributed by atoms with Crippen molar-refractivity contribution in [3.63, 3.8) is 0 Å². The first-order valence-corrected chi connectivity index (χ1v) is 12.8. The Labute approximate surface area is 207 Å². The molecule has 0 bridgehead atoms. The number of hydrogen-bond donors (Lipinski definition) is 1. The van der Waals surface area contributed by atoms with E-state index in [0.717, 1.165) is 22.0 Å². The third-order valence-electron chi connectivity index (χ3n) is 4.91. The van der Waals surface area contributed by atoms with Crippen molar-refractivity contribution in [1.82, 2.24) is 10.2 Å². The number of hydrogen-bond acceptors (Lipinski definition) is 3. The first-order valence-electron chi connectivity index (χ1n) is 10.1. The lowest BCUT2D eigenvalue weighted by Crippen LogP contribution is -2.50. The van der Waals surface area contributed by atoms with Gasteiger partial charge in [0.1, 0.15) is 6.04 Å². The summed E-state index contributed by atoms with van der Waals surface area (Å²) in [5, 5.41) is 4.14. The Morgan fingerprint density at radius 3 is 2.55 bits per heavy atom. The number of nitrogens with one attached hydrogen (secondary N) is 1. The molecule has 31 heavy (non-hydrogen) atoms. The molecule has 2 aromatic carbocycles. The van der Waals surface area contributed by atoms with Crippen molar-refractivity contribution < 1.29 is 9.59 Å². The van der Waals surface area contributed by atoms with Gasteiger partial charge in [0, 0.05) is 32.9 Å². The average Bonchev–Trinajstić information content (AvgIpc) is 2.72. The Hall–Kier alpha value is -1.21. The minimum atomic E-state index is -0.583. The molecule has 2 rings (SSSR count). The summed E-state index contributed by atoms with van der Waals surface area (Å²) in [6, 6.07) is 12.6. The predicted octanol–water partition coefficient (Wildman–Crippen LogP) is 6.32. The van der Waals surface area contributed by atoms with Gasteiger partial charge in [-0.15, -0.1) is 11.8 Å². The summed E-state index contributed by atoms with van der Waals surface area (Å²) in [5.74, 6) is 0.582. The summed E-state index contributed by atoms with van der Waals surface area (Å²) in [6.45, 7) is 6.10. The molecule has 1 N–H and O–H groups in total. The fourth-order valence-electron chi connectivity index (χ4n) is 2.85. The summed E-state index contributed by atoms with van der Waals surface area (Å²) in [5.41, 5.74) is 1.88. The van der Waals surface area contributed by atoms with Crippen molar-refractivity contribution in [2.24, 2.45) is 0 Å². The first-order chi connectivity index (χ1) is 14.7. The van der Waals surface area contributed by atoms with Crippen LogP contribution in [0.3, 0.4) is 0 Å². The molecule has 0 saturated heterocycles. The molecule has 0 aliphatic rings. The summed E-state index contributed by atoms with van der Waals surface area (Å²) < 4.78 is 0.931. The first kappa shape index (κ1) is 26.0. The van der Waals surface area contributed by atoms with Crippen molar-refractivity contribution in [2.45, 2.75) is 51.6 Å². The quantitative estimate of drug-likeness (QED) is 0.380. The van der Waals surface area contributed by atoms with Gasteiger partial charge in [-0.2, -0.15) is 0 Å². The highest BCUT2D eigenvalue weighted by Gasteiger charge is 2.26. The normalized spacial score (nSPS) is 12.8. The smallest absolute Gasteiger partial charge is 0.242 e. The van der Waals surface area contributed by atoms with Gasteiger partial charge >= 0.3 is 0 Å². The maximum atomic E-state index is 13.1. The van der Waals surface area contributed by atoms with E-state index in [1.807, 2.05) is 44.2 Å². The van der Waals surface area contributed by atoms with Gasteiger partial charge in [-0.1, -0.05) is 64.3 Å². The van der Waals surface area contributed by atoms with Crippen molar-refractivity contribution in [3.05, 3.63) is 68.1 Å². The fraction of sp³-hybridized carbons (Fsp3) is 0.391. The van der Waals surface area contributed by atoms with Crippen LogP contribution < -0.4 is 5.32 Å². The molecule has 8 heteroatoms.